The van der Waals surface area contributed by atoms with Gasteiger partial charge in [0.15, 0.2) is 0 Å². The first-order valence-electron chi connectivity index (χ1n) is 4.22. The van der Waals surface area contributed by atoms with E-state index >= 15 is 0 Å². The van der Waals surface area contributed by atoms with Crippen molar-refractivity contribution in [3.05, 3.63) is 0 Å². The van der Waals surface area contributed by atoms with Gasteiger partial charge in [0.25, 0.3) is 0 Å². The van der Waals surface area contributed by atoms with Crippen molar-refractivity contribution in [2.24, 2.45) is 5.41 Å². The molecule has 0 bridgehead atoms. The van der Waals surface area contributed by atoms with Crippen molar-refractivity contribution in [1.29, 1.82) is 5.26 Å². The summed E-state index contributed by atoms with van der Waals surface area (Å²) in [6.45, 7) is 4.01. The summed E-state index contributed by atoms with van der Waals surface area (Å²) in [5.41, 5.74) is 0.383. The van der Waals surface area contributed by atoms with Crippen LogP contribution in [0.1, 0.15) is 32.6 Å². The van der Waals surface area contributed by atoms with Gasteiger partial charge in [-0.15, -0.1) is 0 Å². The van der Waals surface area contributed by atoms with Gasteiger partial charge in [-0.3, -0.25) is 0 Å². The summed E-state index contributed by atoms with van der Waals surface area (Å²) in [6.07, 6.45) is 3.97. The van der Waals surface area contributed by atoms with Crippen LogP contribution in [0.15, 0.2) is 0 Å². The maximum Gasteiger partial charge on any atom is 0.0621 e. The van der Waals surface area contributed by atoms with Gasteiger partial charge in [-0.25, -0.2) is 0 Å². The third-order valence-electron chi connectivity index (χ3n) is 2.54. The SMILES string of the molecule is CC1(CCC#N)CCOCC1. The van der Waals surface area contributed by atoms with E-state index in [0.717, 1.165) is 32.5 Å². The normalized spacial score (nSPS) is 22.5. The van der Waals surface area contributed by atoms with Crippen molar-refractivity contribution in [1.82, 2.24) is 0 Å². The molecule has 0 spiro atoms. The van der Waals surface area contributed by atoms with E-state index in [1.807, 2.05) is 0 Å². The number of hydrogen-bond acceptors (Lipinski definition) is 2. The average Bonchev–Trinajstić information content (AvgIpc) is 2.03. The molecule has 1 aliphatic heterocycles. The van der Waals surface area contributed by atoms with Gasteiger partial charge in [-0.1, -0.05) is 6.92 Å². The smallest absolute Gasteiger partial charge is 0.0621 e. The molecular formula is C9H15NO. The predicted octanol–water partition coefficient (Wildman–Crippen LogP) is 2.11. The molecular weight excluding hydrogens is 138 g/mol. The molecule has 11 heavy (non-hydrogen) atoms. The van der Waals surface area contributed by atoms with E-state index in [0.29, 0.717) is 11.8 Å². The summed E-state index contributed by atoms with van der Waals surface area (Å²) < 4.78 is 5.26. The molecule has 0 radical (unpaired) electrons. The van der Waals surface area contributed by atoms with Crippen LogP contribution in [-0.4, -0.2) is 13.2 Å². The van der Waals surface area contributed by atoms with E-state index < -0.39 is 0 Å². The first-order valence-corrected chi connectivity index (χ1v) is 4.22. The summed E-state index contributed by atoms with van der Waals surface area (Å²) in [5.74, 6) is 0. The van der Waals surface area contributed by atoms with E-state index in [4.69, 9.17) is 10.00 Å². The Balaban J connectivity index is 2.32. The highest BCUT2D eigenvalue weighted by Crippen LogP contribution is 2.34. The lowest BCUT2D eigenvalue weighted by Crippen LogP contribution is -2.26. The van der Waals surface area contributed by atoms with Gasteiger partial charge in [-0.05, 0) is 24.7 Å². The summed E-state index contributed by atoms with van der Waals surface area (Å²) in [5, 5.41) is 8.43. The van der Waals surface area contributed by atoms with Crippen molar-refractivity contribution < 1.29 is 4.74 Å². The number of ether oxygens (including phenoxy) is 1. The molecule has 0 saturated carbocycles. The number of nitrogens with zero attached hydrogens (tertiary/aromatic N) is 1. The zero-order valence-electron chi connectivity index (χ0n) is 7.10. The molecule has 2 heteroatoms. The van der Waals surface area contributed by atoms with Crippen molar-refractivity contribution in [3.63, 3.8) is 0 Å². The molecule has 62 valence electrons. The molecule has 1 rings (SSSR count). The van der Waals surface area contributed by atoms with Gasteiger partial charge in [-0.2, -0.15) is 5.26 Å². The largest absolute Gasteiger partial charge is 0.381 e. The first-order chi connectivity index (χ1) is 5.27. The topological polar surface area (TPSA) is 33.0 Å². The standard InChI is InChI=1S/C9H15NO/c1-9(3-2-6-10)4-7-11-8-5-9/h2-5,7-8H2,1H3. The fourth-order valence-corrected chi connectivity index (χ4v) is 1.47. The van der Waals surface area contributed by atoms with Crippen LogP contribution in [0.4, 0.5) is 0 Å². The zero-order chi connectivity index (χ0) is 8.16. The quantitative estimate of drug-likeness (QED) is 0.608. The van der Waals surface area contributed by atoms with Gasteiger partial charge >= 0.3 is 0 Å². The molecule has 1 heterocycles. The summed E-state index contributed by atoms with van der Waals surface area (Å²) >= 11 is 0. The lowest BCUT2D eigenvalue weighted by Gasteiger charge is -2.32. The fourth-order valence-electron chi connectivity index (χ4n) is 1.47. The molecule has 0 aromatic rings. The Hall–Kier alpha value is -0.550. The van der Waals surface area contributed by atoms with Crippen LogP contribution >= 0.6 is 0 Å². The van der Waals surface area contributed by atoms with Crippen molar-refractivity contribution in [2.75, 3.05) is 13.2 Å². The molecule has 0 unspecified atom stereocenters. The Bertz CT molecular complexity index is 153. The molecule has 1 fully saturated rings. The molecule has 1 saturated heterocycles. The first kappa shape index (κ1) is 8.55. The number of rotatable bonds is 2. The molecule has 0 amide bonds. The second-order valence-corrected chi connectivity index (χ2v) is 3.58. The third kappa shape index (κ3) is 2.51. The van der Waals surface area contributed by atoms with Gasteiger partial charge in [0, 0.05) is 19.6 Å². The van der Waals surface area contributed by atoms with Crippen LogP contribution in [0.3, 0.4) is 0 Å². The summed E-state index contributed by atoms with van der Waals surface area (Å²) in [4.78, 5) is 0. The minimum absolute atomic E-state index is 0.383. The third-order valence-corrected chi connectivity index (χ3v) is 2.54. The van der Waals surface area contributed by atoms with E-state index in [-0.39, 0.29) is 0 Å². The van der Waals surface area contributed by atoms with Crippen LogP contribution in [0, 0.1) is 16.7 Å². The average molecular weight is 153 g/mol. The Morgan fingerprint density at radius 2 is 2.09 bits per heavy atom. The van der Waals surface area contributed by atoms with Crippen LogP contribution in [0.2, 0.25) is 0 Å². The molecule has 0 aliphatic carbocycles. The van der Waals surface area contributed by atoms with Gasteiger partial charge in [0.1, 0.15) is 0 Å². The Labute approximate surface area is 68.2 Å². The highest BCUT2D eigenvalue weighted by atomic mass is 16.5. The van der Waals surface area contributed by atoms with Gasteiger partial charge < -0.3 is 4.74 Å². The monoisotopic (exact) mass is 153 g/mol. The second-order valence-electron chi connectivity index (χ2n) is 3.58. The molecule has 0 N–H and O–H groups in total. The van der Waals surface area contributed by atoms with Crippen LogP contribution in [-0.2, 0) is 4.74 Å². The lowest BCUT2D eigenvalue weighted by atomic mass is 9.79. The zero-order valence-corrected chi connectivity index (χ0v) is 7.10. The van der Waals surface area contributed by atoms with E-state index in [9.17, 15) is 0 Å². The van der Waals surface area contributed by atoms with Gasteiger partial charge in [0.05, 0.1) is 6.07 Å². The fraction of sp³-hybridized carbons (Fsp3) is 0.889. The molecule has 2 nitrogen and oxygen atoms in total. The Morgan fingerprint density at radius 1 is 1.45 bits per heavy atom. The van der Waals surface area contributed by atoms with E-state index in [1.54, 1.807) is 0 Å². The predicted molar refractivity (Wildman–Crippen MR) is 43.0 cm³/mol. The second kappa shape index (κ2) is 3.73. The van der Waals surface area contributed by atoms with Gasteiger partial charge in [0.2, 0.25) is 0 Å². The maximum absolute atomic E-state index is 8.43. The molecule has 0 aromatic heterocycles. The Morgan fingerprint density at radius 3 is 2.64 bits per heavy atom. The minimum atomic E-state index is 0.383. The molecule has 1 aliphatic rings. The molecule has 0 aromatic carbocycles. The lowest BCUT2D eigenvalue weighted by molar-refractivity contribution is 0.0205. The van der Waals surface area contributed by atoms with Crippen LogP contribution in [0.5, 0.6) is 0 Å². The molecule has 0 atom stereocenters. The maximum atomic E-state index is 8.43. The highest BCUT2D eigenvalue weighted by molar-refractivity contribution is 4.81. The van der Waals surface area contributed by atoms with E-state index in [2.05, 4.69) is 13.0 Å². The van der Waals surface area contributed by atoms with Crippen molar-refractivity contribution in [2.45, 2.75) is 32.6 Å². The minimum Gasteiger partial charge on any atom is -0.381 e. The Kier molecular flexibility index (Phi) is 2.90. The van der Waals surface area contributed by atoms with Crippen molar-refractivity contribution in [3.8, 4) is 6.07 Å². The van der Waals surface area contributed by atoms with Crippen LogP contribution in [0.25, 0.3) is 0 Å². The van der Waals surface area contributed by atoms with E-state index in [1.165, 1.54) is 0 Å². The number of hydrogen-bond donors (Lipinski definition) is 0. The summed E-state index contributed by atoms with van der Waals surface area (Å²) in [7, 11) is 0. The number of nitriles is 1. The van der Waals surface area contributed by atoms with Crippen molar-refractivity contribution >= 4 is 0 Å². The van der Waals surface area contributed by atoms with Crippen LogP contribution < -0.4 is 0 Å². The highest BCUT2D eigenvalue weighted by Gasteiger charge is 2.26. The summed E-state index contributed by atoms with van der Waals surface area (Å²) in [6, 6.07) is 2.20.